The quantitative estimate of drug-likeness (QED) is 0.714. The molecule has 1 rings (SSSR count). The Morgan fingerprint density at radius 3 is 2.05 bits per heavy atom. The first-order valence-electron chi connectivity index (χ1n) is 8.13. The molecule has 0 spiro atoms. The minimum Gasteiger partial charge on any atom is -0.382 e. The third-order valence-electron chi connectivity index (χ3n) is 3.92. The number of benzene rings is 1. The Bertz CT molecular complexity index is 425. The van der Waals surface area contributed by atoms with Crippen LogP contribution in [0, 0.1) is 11.8 Å². The van der Waals surface area contributed by atoms with Crippen molar-refractivity contribution in [3.63, 3.8) is 0 Å². The van der Waals surface area contributed by atoms with Gasteiger partial charge in [0.25, 0.3) is 0 Å². The van der Waals surface area contributed by atoms with Crippen molar-refractivity contribution < 1.29 is 4.79 Å². The fourth-order valence-electron chi connectivity index (χ4n) is 2.15. The van der Waals surface area contributed by atoms with Crippen LogP contribution in [0.15, 0.2) is 24.3 Å². The van der Waals surface area contributed by atoms with Crippen LogP contribution in [0.2, 0.25) is 0 Å². The number of carbonyl (C=O) groups is 1. The van der Waals surface area contributed by atoms with Crippen LogP contribution in [-0.2, 0) is 4.79 Å². The fourth-order valence-corrected chi connectivity index (χ4v) is 2.15. The fraction of sp³-hybridized carbons (Fsp3) is 0.611. The molecule has 1 aromatic rings. The number of anilines is 2. The molecule has 0 aliphatic heterocycles. The summed E-state index contributed by atoms with van der Waals surface area (Å²) in [6.07, 6.45) is 3.54. The van der Waals surface area contributed by atoms with Crippen molar-refractivity contribution in [2.45, 2.75) is 59.9 Å². The van der Waals surface area contributed by atoms with Crippen molar-refractivity contribution in [2.75, 3.05) is 10.6 Å². The lowest BCUT2D eigenvalue weighted by molar-refractivity contribution is -0.118. The molecule has 2 N–H and O–H groups in total. The molecular formula is C18H30N2O. The zero-order valence-electron chi connectivity index (χ0n) is 14.1. The van der Waals surface area contributed by atoms with Crippen LogP contribution in [0.3, 0.4) is 0 Å². The number of nitrogens with one attached hydrogen (secondary N) is 2. The first-order chi connectivity index (χ1) is 9.96. The topological polar surface area (TPSA) is 41.1 Å². The number of hydrogen-bond acceptors (Lipinski definition) is 2. The van der Waals surface area contributed by atoms with E-state index in [1.54, 1.807) is 0 Å². The van der Waals surface area contributed by atoms with Crippen LogP contribution in [-0.4, -0.2) is 11.9 Å². The minimum absolute atomic E-state index is 0.00260. The Morgan fingerprint density at radius 2 is 1.57 bits per heavy atom. The van der Waals surface area contributed by atoms with Crippen LogP contribution in [0.1, 0.15) is 53.9 Å². The second-order valence-corrected chi connectivity index (χ2v) is 6.22. The summed E-state index contributed by atoms with van der Waals surface area (Å²) < 4.78 is 0. The summed E-state index contributed by atoms with van der Waals surface area (Å²) in [7, 11) is 0. The lowest BCUT2D eigenvalue weighted by Crippen LogP contribution is -2.21. The van der Waals surface area contributed by atoms with Crippen molar-refractivity contribution in [3.8, 4) is 0 Å². The molecule has 3 heteroatoms. The highest BCUT2D eigenvalue weighted by Crippen LogP contribution is 2.19. The van der Waals surface area contributed by atoms with E-state index in [2.05, 4.69) is 31.4 Å². The van der Waals surface area contributed by atoms with Crippen LogP contribution < -0.4 is 10.6 Å². The van der Waals surface area contributed by atoms with E-state index < -0.39 is 0 Å². The molecule has 118 valence electrons. The van der Waals surface area contributed by atoms with Crippen molar-refractivity contribution in [1.82, 2.24) is 0 Å². The van der Waals surface area contributed by atoms with Crippen LogP contribution in [0.5, 0.6) is 0 Å². The van der Waals surface area contributed by atoms with E-state index in [0.29, 0.717) is 6.04 Å². The van der Waals surface area contributed by atoms with Crippen LogP contribution in [0.25, 0.3) is 0 Å². The summed E-state index contributed by atoms with van der Waals surface area (Å²) in [6.45, 7) is 10.5. The average molecular weight is 290 g/mol. The van der Waals surface area contributed by atoms with Gasteiger partial charge in [0.2, 0.25) is 5.91 Å². The van der Waals surface area contributed by atoms with Gasteiger partial charge in [-0.05, 0) is 43.0 Å². The SMILES string of the molecule is CCC(C)CC(CC)Nc1ccc(NC(=O)C(C)C)cc1. The van der Waals surface area contributed by atoms with E-state index in [1.165, 1.54) is 12.8 Å². The van der Waals surface area contributed by atoms with Crippen LogP contribution in [0.4, 0.5) is 11.4 Å². The maximum Gasteiger partial charge on any atom is 0.226 e. The molecule has 0 aromatic heterocycles. The van der Waals surface area contributed by atoms with Gasteiger partial charge in [0.15, 0.2) is 0 Å². The van der Waals surface area contributed by atoms with E-state index in [4.69, 9.17) is 0 Å². The Morgan fingerprint density at radius 1 is 1.00 bits per heavy atom. The van der Waals surface area contributed by atoms with Gasteiger partial charge in [0, 0.05) is 23.3 Å². The van der Waals surface area contributed by atoms with Gasteiger partial charge in [0.1, 0.15) is 0 Å². The van der Waals surface area contributed by atoms with Crippen molar-refractivity contribution in [2.24, 2.45) is 11.8 Å². The molecule has 0 radical (unpaired) electrons. The smallest absolute Gasteiger partial charge is 0.226 e. The van der Waals surface area contributed by atoms with Gasteiger partial charge >= 0.3 is 0 Å². The van der Waals surface area contributed by atoms with Gasteiger partial charge in [-0.25, -0.2) is 0 Å². The van der Waals surface area contributed by atoms with E-state index in [9.17, 15) is 4.79 Å². The Balaban J connectivity index is 2.58. The molecule has 1 aromatic carbocycles. The highest BCUT2D eigenvalue weighted by atomic mass is 16.1. The van der Waals surface area contributed by atoms with E-state index in [0.717, 1.165) is 23.7 Å². The summed E-state index contributed by atoms with van der Waals surface area (Å²) in [6, 6.07) is 8.50. The summed E-state index contributed by atoms with van der Waals surface area (Å²) in [4.78, 5) is 11.6. The molecule has 0 heterocycles. The lowest BCUT2D eigenvalue weighted by Gasteiger charge is -2.21. The summed E-state index contributed by atoms with van der Waals surface area (Å²) in [5, 5.41) is 6.49. The first-order valence-corrected chi connectivity index (χ1v) is 8.13. The Hall–Kier alpha value is -1.51. The van der Waals surface area contributed by atoms with Gasteiger partial charge in [-0.3, -0.25) is 4.79 Å². The zero-order valence-corrected chi connectivity index (χ0v) is 14.1. The molecule has 0 saturated heterocycles. The molecule has 0 saturated carbocycles. The number of rotatable bonds is 8. The normalized spacial score (nSPS) is 13.8. The van der Waals surface area contributed by atoms with E-state index in [-0.39, 0.29) is 11.8 Å². The number of amides is 1. The van der Waals surface area contributed by atoms with Gasteiger partial charge in [0.05, 0.1) is 0 Å². The molecule has 2 atom stereocenters. The third-order valence-corrected chi connectivity index (χ3v) is 3.92. The van der Waals surface area contributed by atoms with Gasteiger partial charge in [-0.1, -0.05) is 41.0 Å². The highest BCUT2D eigenvalue weighted by Gasteiger charge is 2.11. The predicted octanol–water partition coefficient (Wildman–Crippen LogP) is 4.91. The first kappa shape index (κ1) is 17.5. The minimum atomic E-state index is 0.00260. The molecule has 2 unspecified atom stereocenters. The molecule has 3 nitrogen and oxygen atoms in total. The average Bonchev–Trinajstić information content (AvgIpc) is 2.48. The molecule has 0 bridgehead atoms. The maximum atomic E-state index is 11.6. The number of hydrogen-bond donors (Lipinski definition) is 2. The van der Waals surface area contributed by atoms with E-state index >= 15 is 0 Å². The Labute approximate surface area is 129 Å². The maximum absolute atomic E-state index is 11.6. The molecule has 1 amide bonds. The highest BCUT2D eigenvalue weighted by molar-refractivity contribution is 5.92. The van der Waals surface area contributed by atoms with Gasteiger partial charge in [-0.2, -0.15) is 0 Å². The van der Waals surface area contributed by atoms with E-state index in [1.807, 2.05) is 38.1 Å². The number of carbonyl (C=O) groups excluding carboxylic acids is 1. The van der Waals surface area contributed by atoms with Crippen molar-refractivity contribution in [3.05, 3.63) is 24.3 Å². The second kappa shape index (κ2) is 8.71. The predicted molar refractivity (Wildman–Crippen MR) is 91.7 cm³/mol. The Kier molecular flexibility index (Phi) is 7.27. The van der Waals surface area contributed by atoms with Crippen molar-refractivity contribution >= 4 is 17.3 Å². The third kappa shape index (κ3) is 6.19. The largest absolute Gasteiger partial charge is 0.382 e. The standard InChI is InChI=1S/C18H30N2O/c1-6-14(5)12-15(7-2)19-16-8-10-17(11-9-16)20-18(21)13(3)4/h8-11,13-15,19H,6-7,12H2,1-5H3,(H,20,21). The van der Waals surface area contributed by atoms with Gasteiger partial charge in [-0.15, -0.1) is 0 Å². The zero-order chi connectivity index (χ0) is 15.8. The summed E-state index contributed by atoms with van der Waals surface area (Å²) in [5.74, 6) is 0.800. The van der Waals surface area contributed by atoms with Gasteiger partial charge < -0.3 is 10.6 Å². The second-order valence-electron chi connectivity index (χ2n) is 6.22. The molecule has 0 fully saturated rings. The lowest BCUT2D eigenvalue weighted by atomic mass is 9.97. The summed E-state index contributed by atoms with van der Waals surface area (Å²) >= 11 is 0. The molecule has 0 aliphatic carbocycles. The molecular weight excluding hydrogens is 260 g/mol. The summed E-state index contributed by atoms with van der Waals surface area (Å²) in [5.41, 5.74) is 1.97. The molecule has 21 heavy (non-hydrogen) atoms. The van der Waals surface area contributed by atoms with Crippen LogP contribution >= 0.6 is 0 Å². The molecule has 0 aliphatic rings. The monoisotopic (exact) mass is 290 g/mol. The van der Waals surface area contributed by atoms with Crippen molar-refractivity contribution in [1.29, 1.82) is 0 Å².